The second-order valence-corrected chi connectivity index (χ2v) is 5.90. The van der Waals surface area contributed by atoms with Crippen molar-refractivity contribution in [2.45, 2.75) is 12.8 Å². The van der Waals surface area contributed by atoms with Crippen LogP contribution in [0.2, 0.25) is 0 Å². The summed E-state index contributed by atoms with van der Waals surface area (Å²) in [7, 11) is 0. The van der Waals surface area contributed by atoms with Crippen LogP contribution in [0.3, 0.4) is 0 Å². The highest BCUT2D eigenvalue weighted by molar-refractivity contribution is 14.1. The molecular formula is C11H9BrClIN2O. The SMILES string of the molecule is ClCCCc1nnc(-c2cc(I)ccc2Br)o1. The van der Waals surface area contributed by atoms with Crippen molar-refractivity contribution in [2.75, 3.05) is 5.88 Å². The first-order chi connectivity index (χ1) is 8.20. The lowest BCUT2D eigenvalue weighted by Crippen LogP contribution is -1.85. The van der Waals surface area contributed by atoms with Crippen molar-refractivity contribution in [3.05, 3.63) is 32.1 Å². The van der Waals surface area contributed by atoms with E-state index >= 15 is 0 Å². The lowest BCUT2D eigenvalue weighted by Gasteiger charge is -1.99. The first kappa shape index (κ1) is 13.3. The number of aromatic nitrogens is 2. The molecule has 0 N–H and O–H groups in total. The molecule has 0 fully saturated rings. The number of hydrogen-bond donors (Lipinski definition) is 0. The number of benzene rings is 1. The molecule has 3 nitrogen and oxygen atoms in total. The average Bonchev–Trinajstić information content (AvgIpc) is 2.78. The van der Waals surface area contributed by atoms with E-state index in [9.17, 15) is 0 Å². The lowest BCUT2D eigenvalue weighted by molar-refractivity contribution is 0.502. The molecule has 1 aromatic carbocycles. The summed E-state index contributed by atoms with van der Waals surface area (Å²) in [5, 5.41) is 8.05. The van der Waals surface area contributed by atoms with E-state index in [-0.39, 0.29) is 0 Å². The maximum Gasteiger partial charge on any atom is 0.248 e. The van der Waals surface area contributed by atoms with Crippen LogP contribution in [0.4, 0.5) is 0 Å². The van der Waals surface area contributed by atoms with E-state index in [4.69, 9.17) is 16.0 Å². The summed E-state index contributed by atoms with van der Waals surface area (Å²) < 4.78 is 7.67. The maximum atomic E-state index is 5.62. The Morgan fingerprint density at radius 3 is 2.94 bits per heavy atom. The fourth-order valence-electron chi connectivity index (χ4n) is 1.34. The van der Waals surface area contributed by atoms with Gasteiger partial charge in [0, 0.05) is 20.3 Å². The number of hydrogen-bond acceptors (Lipinski definition) is 3. The predicted molar refractivity (Wildman–Crippen MR) is 79.2 cm³/mol. The molecule has 0 radical (unpaired) electrons. The van der Waals surface area contributed by atoms with Crippen LogP contribution in [0.25, 0.3) is 11.5 Å². The summed E-state index contributed by atoms with van der Waals surface area (Å²) >= 11 is 11.3. The standard InChI is InChI=1S/C11H9BrClIN2O/c12-9-4-3-7(14)6-8(9)11-16-15-10(17-11)2-1-5-13/h3-4,6H,1-2,5H2. The molecule has 0 saturated carbocycles. The monoisotopic (exact) mass is 426 g/mol. The molecule has 0 saturated heterocycles. The molecule has 0 aliphatic carbocycles. The van der Waals surface area contributed by atoms with Gasteiger partial charge >= 0.3 is 0 Å². The van der Waals surface area contributed by atoms with Gasteiger partial charge in [0.25, 0.3) is 0 Å². The van der Waals surface area contributed by atoms with Gasteiger partial charge in [0.15, 0.2) is 0 Å². The molecule has 0 unspecified atom stereocenters. The van der Waals surface area contributed by atoms with Crippen molar-refractivity contribution >= 4 is 50.1 Å². The molecule has 0 atom stereocenters. The Morgan fingerprint density at radius 2 is 2.18 bits per heavy atom. The Hall–Kier alpha value is -0.140. The van der Waals surface area contributed by atoms with E-state index in [1.807, 2.05) is 18.2 Å². The lowest BCUT2D eigenvalue weighted by atomic mass is 10.2. The third kappa shape index (κ3) is 3.42. The van der Waals surface area contributed by atoms with Gasteiger partial charge in [-0.2, -0.15) is 0 Å². The topological polar surface area (TPSA) is 38.9 Å². The summed E-state index contributed by atoms with van der Waals surface area (Å²) in [4.78, 5) is 0. The van der Waals surface area contributed by atoms with Gasteiger partial charge in [-0.05, 0) is 63.1 Å². The number of halogens is 3. The summed E-state index contributed by atoms with van der Waals surface area (Å²) in [6.45, 7) is 0. The minimum absolute atomic E-state index is 0.542. The minimum atomic E-state index is 0.542. The highest BCUT2D eigenvalue weighted by atomic mass is 127. The van der Waals surface area contributed by atoms with Crippen LogP contribution in [0, 0.1) is 3.57 Å². The van der Waals surface area contributed by atoms with E-state index in [0.717, 1.165) is 26.4 Å². The molecule has 6 heteroatoms. The third-order valence-electron chi connectivity index (χ3n) is 2.15. The number of rotatable bonds is 4. The van der Waals surface area contributed by atoms with Gasteiger partial charge in [-0.15, -0.1) is 21.8 Å². The van der Waals surface area contributed by atoms with Crippen LogP contribution in [-0.2, 0) is 6.42 Å². The third-order valence-corrected chi connectivity index (χ3v) is 3.78. The normalized spacial score (nSPS) is 10.8. The highest BCUT2D eigenvalue weighted by Crippen LogP contribution is 2.28. The number of aryl methyl sites for hydroxylation is 1. The average molecular weight is 427 g/mol. The van der Waals surface area contributed by atoms with Crippen molar-refractivity contribution in [1.82, 2.24) is 10.2 Å². The van der Waals surface area contributed by atoms with E-state index in [0.29, 0.717) is 17.7 Å². The molecular weight excluding hydrogens is 418 g/mol. The molecule has 0 amide bonds. The highest BCUT2D eigenvalue weighted by Gasteiger charge is 2.11. The van der Waals surface area contributed by atoms with Crippen molar-refractivity contribution in [3.63, 3.8) is 0 Å². The molecule has 1 heterocycles. The zero-order chi connectivity index (χ0) is 12.3. The first-order valence-electron chi connectivity index (χ1n) is 5.04. The number of nitrogens with zero attached hydrogens (tertiary/aromatic N) is 2. The Morgan fingerprint density at radius 1 is 1.35 bits per heavy atom. The second kappa shape index (κ2) is 6.15. The van der Waals surface area contributed by atoms with E-state index in [2.05, 4.69) is 48.7 Å². The molecule has 0 aliphatic rings. The van der Waals surface area contributed by atoms with Crippen LogP contribution in [-0.4, -0.2) is 16.1 Å². The van der Waals surface area contributed by atoms with Gasteiger partial charge in [0.2, 0.25) is 11.8 Å². The minimum Gasteiger partial charge on any atom is -0.421 e. The quantitative estimate of drug-likeness (QED) is 0.540. The second-order valence-electron chi connectivity index (χ2n) is 3.42. The number of alkyl halides is 1. The summed E-state index contributed by atoms with van der Waals surface area (Å²) in [6, 6.07) is 5.99. The Balaban J connectivity index is 2.27. The fourth-order valence-corrected chi connectivity index (χ4v) is 2.38. The Kier molecular flexibility index (Phi) is 4.81. The summed E-state index contributed by atoms with van der Waals surface area (Å²) in [5.74, 6) is 1.77. The molecule has 90 valence electrons. The predicted octanol–water partition coefficient (Wildman–Crippen LogP) is 4.28. The van der Waals surface area contributed by atoms with E-state index in [1.165, 1.54) is 0 Å². The van der Waals surface area contributed by atoms with Crippen molar-refractivity contribution in [1.29, 1.82) is 0 Å². The molecule has 0 bridgehead atoms. The van der Waals surface area contributed by atoms with Gasteiger partial charge in [0.05, 0.1) is 5.56 Å². The van der Waals surface area contributed by atoms with Crippen molar-refractivity contribution in [2.24, 2.45) is 0 Å². The molecule has 1 aromatic heterocycles. The zero-order valence-electron chi connectivity index (χ0n) is 8.79. The molecule has 0 spiro atoms. The van der Waals surface area contributed by atoms with Crippen molar-refractivity contribution in [3.8, 4) is 11.5 Å². The zero-order valence-corrected chi connectivity index (χ0v) is 13.3. The van der Waals surface area contributed by atoms with Gasteiger partial charge in [-0.25, -0.2) is 0 Å². The van der Waals surface area contributed by atoms with Gasteiger partial charge < -0.3 is 4.42 Å². The van der Waals surface area contributed by atoms with E-state index < -0.39 is 0 Å². The van der Waals surface area contributed by atoms with Crippen molar-refractivity contribution < 1.29 is 4.42 Å². The Labute approximate surface area is 126 Å². The largest absolute Gasteiger partial charge is 0.421 e. The molecule has 0 aliphatic heterocycles. The molecule has 2 aromatic rings. The summed E-state index contributed by atoms with van der Waals surface area (Å²) in [5.41, 5.74) is 0.918. The Bertz CT molecular complexity index is 518. The summed E-state index contributed by atoms with van der Waals surface area (Å²) in [6.07, 6.45) is 1.56. The first-order valence-corrected chi connectivity index (χ1v) is 7.45. The van der Waals surface area contributed by atoms with Crippen LogP contribution < -0.4 is 0 Å². The van der Waals surface area contributed by atoms with Gasteiger partial charge in [-0.3, -0.25) is 0 Å². The molecule has 2 rings (SSSR count). The van der Waals surface area contributed by atoms with E-state index in [1.54, 1.807) is 0 Å². The van der Waals surface area contributed by atoms with Gasteiger partial charge in [-0.1, -0.05) is 0 Å². The smallest absolute Gasteiger partial charge is 0.248 e. The molecule has 17 heavy (non-hydrogen) atoms. The van der Waals surface area contributed by atoms with Crippen LogP contribution in [0.15, 0.2) is 27.1 Å². The van der Waals surface area contributed by atoms with Crippen LogP contribution in [0.5, 0.6) is 0 Å². The van der Waals surface area contributed by atoms with Gasteiger partial charge in [0.1, 0.15) is 0 Å². The maximum absolute atomic E-state index is 5.62. The van der Waals surface area contributed by atoms with Crippen LogP contribution in [0.1, 0.15) is 12.3 Å². The van der Waals surface area contributed by atoms with Crippen LogP contribution >= 0.6 is 50.1 Å². The fraction of sp³-hybridized carbons (Fsp3) is 0.273.